The van der Waals surface area contributed by atoms with Gasteiger partial charge in [0, 0.05) is 24.8 Å². The molecule has 1 aromatic rings. The maximum absolute atomic E-state index is 13.9. The molecule has 1 amide bonds. The minimum absolute atomic E-state index is 0.0976. The second-order valence-corrected chi connectivity index (χ2v) is 11.1. The number of aliphatic hydroxyl groups is 1. The van der Waals surface area contributed by atoms with E-state index in [-0.39, 0.29) is 48.0 Å². The van der Waals surface area contributed by atoms with Crippen molar-refractivity contribution >= 4 is 11.9 Å². The molecule has 6 nitrogen and oxygen atoms in total. The Hall–Kier alpha value is -2.86. The zero-order chi connectivity index (χ0) is 26.0. The molecule has 0 bridgehead atoms. The molecule has 3 N–H and O–H groups in total. The molecule has 8 atom stereocenters. The van der Waals surface area contributed by atoms with Gasteiger partial charge in [0.15, 0.2) is 0 Å². The summed E-state index contributed by atoms with van der Waals surface area (Å²) in [7, 11) is 0. The summed E-state index contributed by atoms with van der Waals surface area (Å²) in [5.41, 5.74) is 0.899. The zero-order valence-electron chi connectivity index (χ0n) is 21.7. The summed E-state index contributed by atoms with van der Waals surface area (Å²) >= 11 is 0. The Morgan fingerprint density at radius 3 is 2.56 bits per heavy atom. The number of aliphatic hydroxyl groups excluding tert-OH is 1. The van der Waals surface area contributed by atoms with Crippen molar-refractivity contribution in [2.75, 3.05) is 6.61 Å². The predicted molar refractivity (Wildman–Crippen MR) is 139 cm³/mol. The standard InChI is InChI=1S/C30H39NO5/c1-18-6-5-7-24-16-23(17-36-21(4)32)20(3)28-26(15-22-9-11-25(33)12-10-22)31-29(35)30(24,28)27(34)13-8-19(2)14-18/h5,7-13,16,18-20,24,26-28,33-34H,6,14-15,17H2,1-4H3,(H,31,35)/b7-5+,13-8+/t18-,19+,20+,24-,26-,27+,28-,30+/m0/s1. The molecule has 1 aliphatic heterocycles. The van der Waals surface area contributed by atoms with Crippen LogP contribution in [0.4, 0.5) is 0 Å². The van der Waals surface area contributed by atoms with Gasteiger partial charge in [-0.2, -0.15) is 0 Å². The molecule has 194 valence electrons. The van der Waals surface area contributed by atoms with E-state index in [9.17, 15) is 19.8 Å². The van der Waals surface area contributed by atoms with Gasteiger partial charge in [-0.25, -0.2) is 0 Å². The number of carbonyl (C=O) groups excluding carboxylic acids is 2. The van der Waals surface area contributed by atoms with Gasteiger partial charge in [0.25, 0.3) is 0 Å². The summed E-state index contributed by atoms with van der Waals surface area (Å²) in [5, 5.41) is 24.7. The molecule has 1 aromatic carbocycles. The van der Waals surface area contributed by atoms with Crippen molar-refractivity contribution in [3.05, 3.63) is 65.8 Å². The molecule has 2 aliphatic carbocycles. The third kappa shape index (κ3) is 5.01. The lowest BCUT2D eigenvalue weighted by Crippen LogP contribution is -2.54. The maximum atomic E-state index is 13.9. The van der Waals surface area contributed by atoms with Crippen LogP contribution in [0.15, 0.2) is 60.2 Å². The predicted octanol–water partition coefficient (Wildman–Crippen LogP) is 4.33. The lowest BCUT2D eigenvalue weighted by atomic mass is 9.54. The Labute approximate surface area is 214 Å². The van der Waals surface area contributed by atoms with Crippen molar-refractivity contribution in [2.24, 2.45) is 35.0 Å². The van der Waals surface area contributed by atoms with Gasteiger partial charge in [-0.3, -0.25) is 9.59 Å². The Morgan fingerprint density at radius 2 is 1.86 bits per heavy atom. The quantitative estimate of drug-likeness (QED) is 0.429. The van der Waals surface area contributed by atoms with E-state index in [0.29, 0.717) is 18.3 Å². The molecule has 0 radical (unpaired) electrons. The van der Waals surface area contributed by atoms with Crippen molar-refractivity contribution in [2.45, 2.75) is 59.1 Å². The number of phenolic OH excluding ortho intramolecular Hbond substituents is 1. The fourth-order valence-electron chi connectivity index (χ4n) is 6.65. The van der Waals surface area contributed by atoms with E-state index < -0.39 is 11.5 Å². The fraction of sp³-hybridized carbons (Fsp3) is 0.533. The Bertz CT molecular complexity index is 1060. The number of rotatable bonds is 4. The summed E-state index contributed by atoms with van der Waals surface area (Å²) < 4.78 is 5.41. The minimum Gasteiger partial charge on any atom is -0.508 e. The van der Waals surface area contributed by atoms with Crippen LogP contribution in [-0.2, 0) is 20.7 Å². The van der Waals surface area contributed by atoms with Gasteiger partial charge >= 0.3 is 5.97 Å². The topological polar surface area (TPSA) is 95.9 Å². The normalized spacial score (nSPS) is 38.0. The average molecular weight is 494 g/mol. The number of aromatic hydroxyl groups is 1. The monoisotopic (exact) mass is 493 g/mol. The van der Waals surface area contributed by atoms with E-state index in [2.05, 4.69) is 44.3 Å². The second-order valence-electron chi connectivity index (χ2n) is 11.1. The van der Waals surface area contributed by atoms with Crippen LogP contribution in [0.3, 0.4) is 0 Å². The van der Waals surface area contributed by atoms with Crippen molar-refractivity contribution in [1.82, 2.24) is 5.32 Å². The van der Waals surface area contributed by atoms with Crippen LogP contribution in [0.1, 0.15) is 46.1 Å². The van der Waals surface area contributed by atoms with Gasteiger partial charge < -0.3 is 20.3 Å². The molecule has 6 heteroatoms. The highest BCUT2D eigenvalue weighted by molar-refractivity contribution is 5.88. The SMILES string of the molecule is CC(=O)OCC1=C[C@@H]2/C=C/C[C@H](C)C[C@H](C)/C=C/[C@@H](O)[C@]23C(=O)N[C@@H](Cc2ccc(O)cc2)[C@@H]3[C@@H]1C. The molecule has 1 fully saturated rings. The molecule has 0 aromatic heterocycles. The molecule has 3 aliphatic rings. The lowest BCUT2D eigenvalue weighted by Gasteiger charge is -2.48. The highest BCUT2D eigenvalue weighted by atomic mass is 16.5. The van der Waals surface area contributed by atoms with Crippen molar-refractivity contribution in [1.29, 1.82) is 0 Å². The number of hydrogen-bond donors (Lipinski definition) is 3. The van der Waals surface area contributed by atoms with Crippen LogP contribution in [0.2, 0.25) is 0 Å². The van der Waals surface area contributed by atoms with Gasteiger partial charge in [0.05, 0.1) is 11.5 Å². The van der Waals surface area contributed by atoms with E-state index in [1.54, 1.807) is 12.1 Å². The van der Waals surface area contributed by atoms with Crippen LogP contribution in [0.25, 0.3) is 0 Å². The number of benzene rings is 1. The first-order valence-electron chi connectivity index (χ1n) is 13.1. The number of amides is 1. The molecule has 0 saturated carbocycles. The summed E-state index contributed by atoms with van der Waals surface area (Å²) in [6.45, 7) is 8.01. The smallest absolute Gasteiger partial charge is 0.302 e. The molecule has 4 rings (SSSR count). The lowest BCUT2D eigenvalue weighted by molar-refractivity contribution is -0.142. The third-order valence-corrected chi connectivity index (χ3v) is 8.36. The summed E-state index contributed by atoms with van der Waals surface area (Å²) in [6, 6.07) is 6.81. The molecule has 1 saturated heterocycles. The van der Waals surface area contributed by atoms with E-state index in [4.69, 9.17) is 4.74 Å². The molecule has 1 heterocycles. The zero-order valence-corrected chi connectivity index (χ0v) is 21.7. The summed E-state index contributed by atoms with van der Waals surface area (Å²) in [5.74, 6) is -0.174. The number of ether oxygens (including phenoxy) is 1. The average Bonchev–Trinajstić information content (AvgIpc) is 3.11. The summed E-state index contributed by atoms with van der Waals surface area (Å²) in [6.07, 6.45) is 11.7. The number of esters is 1. The van der Waals surface area contributed by atoms with Crippen molar-refractivity contribution < 1.29 is 24.5 Å². The largest absolute Gasteiger partial charge is 0.508 e. The molecular formula is C30H39NO5. The van der Waals surface area contributed by atoms with Gasteiger partial charge in [-0.15, -0.1) is 0 Å². The minimum atomic E-state index is -1.07. The molecule has 0 unspecified atom stereocenters. The number of phenols is 1. The summed E-state index contributed by atoms with van der Waals surface area (Å²) in [4.78, 5) is 25.6. The molecular weight excluding hydrogens is 454 g/mol. The second kappa shape index (κ2) is 10.6. The number of hydrogen-bond acceptors (Lipinski definition) is 5. The Balaban J connectivity index is 1.82. The fourth-order valence-corrected chi connectivity index (χ4v) is 6.65. The van der Waals surface area contributed by atoms with Gasteiger partial charge in [0.1, 0.15) is 12.4 Å². The van der Waals surface area contributed by atoms with E-state index >= 15 is 0 Å². The molecule has 36 heavy (non-hydrogen) atoms. The first-order chi connectivity index (χ1) is 17.1. The van der Waals surface area contributed by atoms with E-state index in [1.165, 1.54) is 6.92 Å². The first kappa shape index (κ1) is 26.2. The van der Waals surface area contributed by atoms with Crippen molar-refractivity contribution in [3.8, 4) is 5.75 Å². The number of allylic oxidation sites excluding steroid dienone is 4. The van der Waals surface area contributed by atoms with Gasteiger partial charge in [0.2, 0.25) is 5.91 Å². The third-order valence-electron chi connectivity index (χ3n) is 8.36. The molecule has 1 spiro atoms. The number of nitrogens with one attached hydrogen (secondary N) is 1. The van der Waals surface area contributed by atoms with Gasteiger partial charge in [-0.05, 0) is 60.3 Å². The van der Waals surface area contributed by atoms with Gasteiger partial charge in [-0.1, -0.05) is 63.3 Å². The van der Waals surface area contributed by atoms with Crippen LogP contribution < -0.4 is 5.32 Å². The highest BCUT2D eigenvalue weighted by Gasteiger charge is 2.64. The maximum Gasteiger partial charge on any atom is 0.302 e. The van der Waals surface area contributed by atoms with Crippen LogP contribution in [0.5, 0.6) is 5.75 Å². The van der Waals surface area contributed by atoms with Crippen LogP contribution in [-0.4, -0.2) is 40.8 Å². The highest BCUT2D eigenvalue weighted by Crippen LogP contribution is 2.56. The Morgan fingerprint density at radius 1 is 1.14 bits per heavy atom. The Kier molecular flexibility index (Phi) is 7.74. The van der Waals surface area contributed by atoms with Crippen molar-refractivity contribution in [3.63, 3.8) is 0 Å². The van der Waals surface area contributed by atoms with Crippen LogP contribution in [0, 0.1) is 35.0 Å². The number of carbonyl (C=O) groups is 2. The van der Waals surface area contributed by atoms with Crippen LogP contribution >= 0.6 is 0 Å². The van der Waals surface area contributed by atoms with E-state index in [0.717, 1.165) is 24.0 Å². The van der Waals surface area contributed by atoms with E-state index in [1.807, 2.05) is 24.3 Å². The first-order valence-corrected chi connectivity index (χ1v) is 13.1.